The van der Waals surface area contributed by atoms with Crippen LogP contribution in [-0.2, 0) is 20.1 Å². The molecule has 0 bridgehead atoms. The average molecular weight is 500 g/mol. The van der Waals surface area contributed by atoms with Gasteiger partial charge in [0.25, 0.3) is 11.8 Å². The number of aryl methyl sites for hydroxylation is 1. The number of amides is 3. The third-order valence-electron chi connectivity index (χ3n) is 6.13. The van der Waals surface area contributed by atoms with Crippen LogP contribution in [0.25, 0.3) is 0 Å². The molecule has 3 amide bonds. The minimum Gasteiger partial charge on any atom is -0.484 e. The van der Waals surface area contributed by atoms with Gasteiger partial charge in [-0.25, -0.2) is 9.18 Å². The number of carbonyl (C=O) groups is 3. The number of nitrogens with zero attached hydrogens (tertiary/aromatic N) is 5. The van der Waals surface area contributed by atoms with Crippen LogP contribution in [-0.4, -0.2) is 60.9 Å². The van der Waals surface area contributed by atoms with E-state index in [1.54, 1.807) is 25.4 Å². The van der Waals surface area contributed by atoms with E-state index < -0.39 is 29.8 Å². The fraction of sp³-hybridized carbons (Fsp3) is 0.261. The lowest BCUT2D eigenvalue weighted by Gasteiger charge is -2.38. The Morgan fingerprint density at radius 1 is 1.26 bits per heavy atom. The van der Waals surface area contributed by atoms with E-state index in [4.69, 9.17) is 16.3 Å². The molecule has 2 aromatic carbocycles. The molecule has 0 unspecified atom stereocenters. The summed E-state index contributed by atoms with van der Waals surface area (Å²) in [5.41, 5.74) is 1.57. The fourth-order valence-electron chi connectivity index (χ4n) is 4.56. The maximum atomic E-state index is 15.2. The number of ether oxygens (including phenoxy) is 1. The van der Waals surface area contributed by atoms with Gasteiger partial charge < -0.3 is 9.84 Å². The molecule has 0 saturated heterocycles. The standard InChI is InChI=1S/C23H19ClFN5O5/c1-28-9-12(26-27-28)11-35-20-17(25)8-16(24)15-6-7-29(23(33)34)18(19(15)20)10-30-21(31)13-4-2-3-5-14(13)22(30)32/h2-5,8-9,18H,6-7,10-11H2,1H3,(H,33,34)/t18-/m1/s1. The van der Waals surface area contributed by atoms with Crippen LogP contribution in [0.5, 0.6) is 5.75 Å². The lowest BCUT2D eigenvalue weighted by atomic mass is 9.91. The van der Waals surface area contributed by atoms with Crippen molar-refractivity contribution in [3.8, 4) is 5.75 Å². The number of aromatic nitrogens is 3. The van der Waals surface area contributed by atoms with Gasteiger partial charge in [0.2, 0.25) is 0 Å². The molecule has 1 aromatic heterocycles. The summed E-state index contributed by atoms with van der Waals surface area (Å²) in [7, 11) is 1.67. The predicted molar refractivity (Wildman–Crippen MR) is 120 cm³/mol. The van der Waals surface area contributed by atoms with Gasteiger partial charge in [-0.2, -0.15) is 0 Å². The Morgan fingerprint density at radius 3 is 2.54 bits per heavy atom. The van der Waals surface area contributed by atoms with Crippen LogP contribution in [0.15, 0.2) is 36.5 Å². The molecule has 0 fully saturated rings. The number of fused-ring (bicyclic) bond motifs is 2. The molecule has 5 rings (SSSR count). The first-order valence-corrected chi connectivity index (χ1v) is 11.1. The molecule has 35 heavy (non-hydrogen) atoms. The Morgan fingerprint density at radius 2 is 1.94 bits per heavy atom. The zero-order valence-corrected chi connectivity index (χ0v) is 19.2. The zero-order valence-electron chi connectivity index (χ0n) is 18.4. The number of rotatable bonds is 5. The van der Waals surface area contributed by atoms with E-state index in [1.165, 1.54) is 16.8 Å². The molecule has 0 radical (unpaired) electrons. The number of carboxylic acid groups (broad SMARTS) is 1. The van der Waals surface area contributed by atoms with Crippen molar-refractivity contribution in [1.82, 2.24) is 24.8 Å². The topological polar surface area (TPSA) is 118 Å². The van der Waals surface area contributed by atoms with Crippen molar-refractivity contribution in [3.63, 3.8) is 0 Å². The van der Waals surface area contributed by atoms with E-state index in [0.717, 1.165) is 15.9 Å². The average Bonchev–Trinajstić information content (AvgIpc) is 3.35. The predicted octanol–water partition coefficient (Wildman–Crippen LogP) is 3.06. The maximum absolute atomic E-state index is 15.2. The fourth-order valence-corrected chi connectivity index (χ4v) is 4.85. The monoisotopic (exact) mass is 499 g/mol. The first kappa shape index (κ1) is 22.8. The molecule has 0 spiro atoms. The summed E-state index contributed by atoms with van der Waals surface area (Å²) in [6.45, 7) is -0.413. The Balaban J connectivity index is 1.56. The van der Waals surface area contributed by atoms with Gasteiger partial charge in [-0.1, -0.05) is 28.9 Å². The van der Waals surface area contributed by atoms with Gasteiger partial charge in [0.15, 0.2) is 11.6 Å². The molecule has 1 atom stereocenters. The molecule has 1 N–H and O–H groups in total. The molecule has 0 aliphatic carbocycles. The highest BCUT2D eigenvalue weighted by molar-refractivity contribution is 6.31. The van der Waals surface area contributed by atoms with Crippen LogP contribution in [0, 0.1) is 5.82 Å². The molecular weight excluding hydrogens is 481 g/mol. The summed E-state index contributed by atoms with van der Waals surface area (Å²) < 4.78 is 22.4. The molecule has 10 nitrogen and oxygen atoms in total. The zero-order chi connectivity index (χ0) is 24.9. The van der Waals surface area contributed by atoms with E-state index in [0.29, 0.717) is 11.3 Å². The Bertz CT molecular complexity index is 1340. The van der Waals surface area contributed by atoms with Crippen molar-refractivity contribution < 1.29 is 28.6 Å². The summed E-state index contributed by atoms with van der Waals surface area (Å²) >= 11 is 6.34. The maximum Gasteiger partial charge on any atom is 0.407 e. The second-order valence-electron chi connectivity index (χ2n) is 8.24. The Labute approximate surface area is 203 Å². The third-order valence-corrected chi connectivity index (χ3v) is 6.47. The number of imide groups is 1. The summed E-state index contributed by atoms with van der Waals surface area (Å²) in [5, 5.41) is 17.7. The largest absolute Gasteiger partial charge is 0.484 e. The van der Waals surface area contributed by atoms with E-state index in [2.05, 4.69) is 10.3 Å². The lowest BCUT2D eigenvalue weighted by Crippen LogP contribution is -2.46. The Hall–Kier alpha value is -3.99. The summed E-state index contributed by atoms with van der Waals surface area (Å²) in [5.74, 6) is -2.10. The van der Waals surface area contributed by atoms with Gasteiger partial charge >= 0.3 is 6.09 Å². The van der Waals surface area contributed by atoms with Crippen LogP contribution in [0.1, 0.15) is 43.6 Å². The minimum atomic E-state index is -1.28. The number of halogens is 2. The van der Waals surface area contributed by atoms with E-state index in [1.807, 2.05) is 0 Å². The highest BCUT2D eigenvalue weighted by Crippen LogP contribution is 2.43. The van der Waals surface area contributed by atoms with Crippen LogP contribution < -0.4 is 4.74 Å². The molecule has 0 saturated carbocycles. The SMILES string of the molecule is Cn1cc(COc2c(F)cc(Cl)c3c2[C@@H](CN2C(=O)c4ccccc4C2=O)N(C(=O)O)CC3)nn1. The van der Waals surface area contributed by atoms with Gasteiger partial charge in [-0.3, -0.25) is 24.1 Å². The van der Waals surface area contributed by atoms with E-state index >= 15 is 4.39 Å². The van der Waals surface area contributed by atoms with E-state index in [9.17, 15) is 19.5 Å². The number of benzene rings is 2. The Kier molecular flexibility index (Phi) is 5.64. The highest BCUT2D eigenvalue weighted by Gasteiger charge is 2.42. The quantitative estimate of drug-likeness (QED) is 0.536. The van der Waals surface area contributed by atoms with Crippen molar-refractivity contribution in [2.75, 3.05) is 13.1 Å². The van der Waals surface area contributed by atoms with Crippen LogP contribution in [0.4, 0.5) is 9.18 Å². The molecule has 3 aromatic rings. The van der Waals surface area contributed by atoms with Crippen LogP contribution in [0.3, 0.4) is 0 Å². The highest BCUT2D eigenvalue weighted by atomic mass is 35.5. The molecular formula is C23H19ClFN5O5. The van der Waals surface area contributed by atoms with E-state index in [-0.39, 0.29) is 53.6 Å². The summed E-state index contributed by atoms with van der Waals surface area (Å²) in [4.78, 5) is 40.2. The summed E-state index contributed by atoms with van der Waals surface area (Å²) in [6, 6.07) is 6.36. The van der Waals surface area contributed by atoms with Gasteiger partial charge in [-0.05, 0) is 30.2 Å². The van der Waals surface area contributed by atoms with Crippen LogP contribution >= 0.6 is 11.6 Å². The van der Waals surface area contributed by atoms with Crippen molar-refractivity contribution in [2.24, 2.45) is 7.05 Å². The molecule has 3 heterocycles. The normalized spacial score (nSPS) is 16.9. The van der Waals surface area contributed by atoms with Gasteiger partial charge in [0, 0.05) is 24.2 Å². The number of hydrogen-bond donors (Lipinski definition) is 1. The first-order valence-electron chi connectivity index (χ1n) is 10.7. The first-order chi connectivity index (χ1) is 16.8. The van der Waals surface area contributed by atoms with Crippen molar-refractivity contribution in [3.05, 3.63) is 75.3 Å². The van der Waals surface area contributed by atoms with Crippen LogP contribution in [0.2, 0.25) is 5.02 Å². The smallest absolute Gasteiger partial charge is 0.407 e. The van der Waals surface area contributed by atoms with Gasteiger partial charge in [0.1, 0.15) is 12.3 Å². The van der Waals surface area contributed by atoms with Gasteiger partial charge in [0.05, 0.1) is 29.9 Å². The molecule has 180 valence electrons. The number of carbonyl (C=O) groups excluding carboxylic acids is 2. The van der Waals surface area contributed by atoms with Crippen molar-refractivity contribution in [2.45, 2.75) is 19.1 Å². The summed E-state index contributed by atoms with van der Waals surface area (Å²) in [6.07, 6.45) is 0.526. The van der Waals surface area contributed by atoms with Crippen molar-refractivity contribution in [1.29, 1.82) is 0 Å². The van der Waals surface area contributed by atoms with Gasteiger partial charge in [-0.15, -0.1) is 5.10 Å². The molecule has 2 aliphatic heterocycles. The minimum absolute atomic E-state index is 0.0467. The lowest BCUT2D eigenvalue weighted by molar-refractivity contribution is 0.0565. The second-order valence-corrected chi connectivity index (χ2v) is 8.65. The number of hydrogen-bond acceptors (Lipinski definition) is 6. The third kappa shape index (κ3) is 3.87. The molecule has 2 aliphatic rings. The van der Waals surface area contributed by atoms with Crippen molar-refractivity contribution >= 4 is 29.5 Å². The molecule has 12 heteroatoms. The second kappa shape index (κ2) is 8.66.